The van der Waals surface area contributed by atoms with Crippen molar-refractivity contribution in [1.82, 2.24) is 0 Å². The van der Waals surface area contributed by atoms with Crippen molar-refractivity contribution in [2.24, 2.45) is 0 Å². The quantitative estimate of drug-likeness (QED) is 0.308. The van der Waals surface area contributed by atoms with Gasteiger partial charge in [-0.2, -0.15) is 0 Å². The lowest BCUT2D eigenvalue weighted by atomic mass is 10.1. The molecule has 0 radical (unpaired) electrons. The van der Waals surface area contributed by atoms with Crippen LogP contribution in [-0.4, -0.2) is 18.0 Å². The van der Waals surface area contributed by atoms with Crippen LogP contribution < -0.4 is 9.47 Å². The molecule has 0 saturated heterocycles. The van der Waals surface area contributed by atoms with E-state index in [1.165, 1.54) is 18.2 Å². The molecule has 0 aliphatic carbocycles. The first-order valence-corrected chi connectivity index (χ1v) is 9.96. The fraction of sp³-hybridized carbons (Fsp3) is 0.0870. The Bertz CT molecular complexity index is 1070. The van der Waals surface area contributed by atoms with Crippen LogP contribution >= 0.6 is 34.8 Å². The number of hydrogen-bond acceptors (Lipinski definition) is 4. The SMILES string of the molecule is COc1ccc(/C=C/C(=O)c2ccc(O)cc2)cc1COc1c(Cl)cc(Cl)cc1Cl. The average molecular weight is 464 g/mol. The van der Waals surface area contributed by atoms with Gasteiger partial charge in [0.25, 0.3) is 0 Å². The molecule has 1 N–H and O–H groups in total. The Kier molecular flexibility index (Phi) is 7.27. The lowest BCUT2D eigenvalue weighted by molar-refractivity contribution is 0.104. The standard InChI is InChI=1S/C23H17Cl3O4/c1-29-22-9-3-14(2-8-21(28)15-4-6-18(27)7-5-15)10-16(22)13-30-23-19(25)11-17(24)12-20(23)26/h2-12,27H,13H2,1H3/b8-2+. The van der Waals surface area contributed by atoms with Gasteiger partial charge in [0.1, 0.15) is 18.1 Å². The van der Waals surface area contributed by atoms with Crippen LogP contribution in [0, 0.1) is 0 Å². The second kappa shape index (κ2) is 9.90. The van der Waals surface area contributed by atoms with E-state index >= 15 is 0 Å². The average Bonchev–Trinajstić information content (AvgIpc) is 2.71. The Morgan fingerprint density at radius 3 is 2.30 bits per heavy atom. The molecule has 7 heteroatoms. The van der Waals surface area contributed by atoms with Gasteiger partial charge in [-0.15, -0.1) is 0 Å². The van der Waals surface area contributed by atoms with E-state index in [4.69, 9.17) is 44.3 Å². The smallest absolute Gasteiger partial charge is 0.185 e. The molecule has 30 heavy (non-hydrogen) atoms. The van der Waals surface area contributed by atoms with E-state index in [0.717, 1.165) is 11.1 Å². The number of aromatic hydroxyl groups is 1. The molecule has 0 unspecified atom stereocenters. The van der Waals surface area contributed by atoms with Crippen LogP contribution in [0.2, 0.25) is 15.1 Å². The Labute approximate surface area is 189 Å². The highest BCUT2D eigenvalue weighted by Gasteiger charge is 2.12. The number of carbonyl (C=O) groups is 1. The Hall–Kier alpha value is -2.66. The number of halogens is 3. The minimum atomic E-state index is -0.177. The maximum atomic E-state index is 12.3. The molecule has 0 aliphatic heterocycles. The molecule has 0 heterocycles. The molecule has 3 aromatic carbocycles. The second-order valence-corrected chi connectivity index (χ2v) is 7.55. The molecule has 0 atom stereocenters. The third kappa shape index (κ3) is 5.48. The number of allylic oxidation sites excluding steroid dienone is 1. The first-order valence-electron chi connectivity index (χ1n) is 8.83. The molecule has 0 saturated carbocycles. The lowest BCUT2D eigenvalue weighted by Gasteiger charge is -2.13. The largest absolute Gasteiger partial charge is 0.508 e. The number of ketones is 1. The van der Waals surface area contributed by atoms with Crippen LogP contribution in [0.15, 0.2) is 60.7 Å². The van der Waals surface area contributed by atoms with Gasteiger partial charge in [-0.05, 0) is 60.2 Å². The highest BCUT2D eigenvalue weighted by atomic mass is 35.5. The molecular weight excluding hydrogens is 447 g/mol. The minimum absolute atomic E-state index is 0.108. The van der Waals surface area contributed by atoms with Crippen molar-refractivity contribution in [1.29, 1.82) is 0 Å². The Morgan fingerprint density at radius 1 is 1.00 bits per heavy atom. The minimum Gasteiger partial charge on any atom is -0.508 e. The molecule has 0 amide bonds. The van der Waals surface area contributed by atoms with Gasteiger partial charge in [-0.25, -0.2) is 0 Å². The molecule has 0 bridgehead atoms. The van der Waals surface area contributed by atoms with Gasteiger partial charge < -0.3 is 14.6 Å². The Balaban J connectivity index is 1.78. The van der Waals surface area contributed by atoms with E-state index < -0.39 is 0 Å². The van der Waals surface area contributed by atoms with E-state index in [1.807, 2.05) is 12.1 Å². The number of phenolic OH excluding ortho intramolecular Hbond substituents is 1. The number of ether oxygens (including phenoxy) is 2. The fourth-order valence-corrected chi connectivity index (χ4v) is 3.65. The summed E-state index contributed by atoms with van der Waals surface area (Å²) in [5.41, 5.74) is 2.02. The van der Waals surface area contributed by atoms with Crippen LogP contribution in [0.1, 0.15) is 21.5 Å². The third-order valence-corrected chi connectivity index (χ3v) is 5.00. The molecule has 0 aliphatic rings. The summed E-state index contributed by atoms with van der Waals surface area (Å²) in [4.78, 5) is 12.3. The molecule has 4 nitrogen and oxygen atoms in total. The number of benzene rings is 3. The van der Waals surface area contributed by atoms with Crippen LogP contribution in [-0.2, 0) is 6.61 Å². The Morgan fingerprint density at radius 2 is 1.67 bits per heavy atom. The molecule has 3 aromatic rings. The number of carbonyl (C=O) groups excluding carboxylic acids is 1. The van der Waals surface area contributed by atoms with Gasteiger partial charge in [-0.3, -0.25) is 4.79 Å². The zero-order valence-electron chi connectivity index (χ0n) is 15.9. The van der Waals surface area contributed by atoms with Crippen molar-refractivity contribution < 1.29 is 19.4 Å². The van der Waals surface area contributed by atoms with Gasteiger partial charge in [0, 0.05) is 16.1 Å². The number of hydrogen-bond donors (Lipinski definition) is 1. The summed E-state index contributed by atoms with van der Waals surface area (Å²) >= 11 is 18.3. The van der Waals surface area contributed by atoms with Gasteiger partial charge >= 0.3 is 0 Å². The van der Waals surface area contributed by atoms with Crippen molar-refractivity contribution >= 4 is 46.7 Å². The van der Waals surface area contributed by atoms with Crippen molar-refractivity contribution in [2.45, 2.75) is 6.61 Å². The maximum absolute atomic E-state index is 12.3. The summed E-state index contributed by atoms with van der Waals surface area (Å²) in [6, 6.07) is 14.6. The molecule has 154 valence electrons. The topological polar surface area (TPSA) is 55.8 Å². The summed E-state index contributed by atoms with van der Waals surface area (Å²) in [6.45, 7) is 0.151. The maximum Gasteiger partial charge on any atom is 0.185 e. The van der Waals surface area contributed by atoms with Crippen LogP contribution in [0.5, 0.6) is 17.2 Å². The van der Waals surface area contributed by atoms with Gasteiger partial charge in [0.05, 0.1) is 17.2 Å². The van der Waals surface area contributed by atoms with E-state index in [2.05, 4.69) is 0 Å². The van der Waals surface area contributed by atoms with Crippen LogP contribution in [0.4, 0.5) is 0 Å². The molecular formula is C23H17Cl3O4. The fourth-order valence-electron chi connectivity index (χ4n) is 2.73. The number of methoxy groups -OCH3 is 1. The van der Waals surface area contributed by atoms with E-state index in [9.17, 15) is 9.90 Å². The normalized spacial score (nSPS) is 10.9. The van der Waals surface area contributed by atoms with Gasteiger partial charge in [-0.1, -0.05) is 46.9 Å². The van der Waals surface area contributed by atoms with E-state index in [-0.39, 0.29) is 18.1 Å². The predicted octanol–water partition coefficient (Wildman–Crippen LogP) is 6.84. The number of phenols is 1. The molecule has 0 fully saturated rings. The molecule has 0 aromatic heterocycles. The van der Waals surface area contributed by atoms with Crippen LogP contribution in [0.25, 0.3) is 6.08 Å². The zero-order chi connectivity index (χ0) is 21.7. The monoisotopic (exact) mass is 462 g/mol. The van der Waals surface area contributed by atoms with Crippen molar-refractivity contribution in [2.75, 3.05) is 7.11 Å². The number of rotatable bonds is 7. The van der Waals surface area contributed by atoms with Crippen molar-refractivity contribution in [3.05, 3.63) is 92.4 Å². The van der Waals surface area contributed by atoms with Crippen molar-refractivity contribution in [3.63, 3.8) is 0 Å². The highest BCUT2D eigenvalue weighted by molar-refractivity contribution is 6.40. The van der Waals surface area contributed by atoms with Crippen LogP contribution in [0.3, 0.4) is 0 Å². The van der Waals surface area contributed by atoms with Crippen molar-refractivity contribution in [3.8, 4) is 17.2 Å². The summed E-state index contributed by atoms with van der Waals surface area (Å²) < 4.78 is 11.2. The molecule has 0 spiro atoms. The first-order chi connectivity index (χ1) is 14.4. The predicted molar refractivity (Wildman–Crippen MR) is 120 cm³/mol. The first kappa shape index (κ1) is 22.0. The third-order valence-electron chi connectivity index (χ3n) is 4.22. The summed E-state index contributed by atoms with van der Waals surface area (Å²) in [7, 11) is 1.56. The van der Waals surface area contributed by atoms with E-state index in [0.29, 0.717) is 32.1 Å². The summed E-state index contributed by atoms with van der Waals surface area (Å²) in [5.74, 6) is 0.881. The lowest BCUT2D eigenvalue weighted by Crippen LogP contribution is -2.00. The van der Waals surface area contributed by atoms with E-state index in [1.54, 1.807) is 43.5 Å². The van der Waals surface area contributed by atoms with Gasteiger partial charge in [0.2, 0.25) is 0 Å². The zero-order valence-corrected chi connectivity index (χ0v) is 18.1. The van der Waals surface area contributed by atoms with Gasteiger partial charge in [0.15, 0.2) is 11.5 Å². The second-order valence-electron chi connectivity index (χ2n) is 6.30. The summed E-state index contributed by atoms with van der Waals surface area (Å²) in [6.07, 6.45) is 3.16. The summed E-state index contributed by atoms with van der Waals surface area (Å²) in [5, 5.41) is 10.4. The molecule has 3 rings (SSSR count). The highest BCUT2D eigenvalue weighted by Crippen LogP contribution is 2.36.